The molecule has 2 aliphatic rings. The molecule has 0 bridgehead atoms. The van der Waals surface area contributed by atoms with Crippen LogP contribution in [0.2, 0.25) is 0 Å². The molecule has 2 saturated carbocycles. The first-order valence-corrected chi connectivity index (χ1v) is 8.95. The van der Waals surface area contributed by atoms with Gasteiger partial charge >= 0.3 is 5.97 Å². The van der Waals surface area contributed by atoms with Crippen molar-refractivity contribution in [1.82, 2.24) is 0 Å². The molecule has 0 aliphatic heterocycles. The molecular formula is C18H32O2. The van der Waals surface area contributed by atoms with Crippen molar-refractivity contribution in [1.29, 1.82) is 0 Å². The fraction of sp³-hybridized carbons (Fsp3) is 0.944. The molecule has 0 aromatic heterocycles. The number of rotatable bonds is 6. The Morgan fingerprint density at radius 1 is 0.950 bits per heavy atom. The molecule has 116 valence electrons. The predicted molar refractivity (Wildman–Crippen MR) is 82.5 cm³/mol. The van der Waals surface area contributed by atoms with Crippen LogP contribution in [0.3, 0.4) is 0 Å². The molecule has 0 heterocycles. The van der Waals surface area contributed by atoms with Gasteiger partial charge in [-0.05, 0) is 49.9 Å². The fourth-order valence-electron chi connectivity index (χ4n) is 4.09. The van der Waals surface area contributed by atoms with Crippen molar-refractivity contribution in [2.24, 2.45) is 17.8 Å². The van der Waals surface area contributed by atoms with Crippen molar-refractivity contribution in [3.8, 4) is 0 Å². The molecule has 0 saturated heterocycles. The highest BCUT2D eigenvalue weighted by Gasteiger charge is 2.29. The van der Waals surface area contributed by atoms with Crippen LogP contribution in [0, 0.1) is 17.8 Å². The quantitative estimate of drug-likeness (QED) is 0.499. The summed E-state index contributed by atoms with van der Waals surface area (Å²) in [6.07, 6.45) is 15.3. The smallest absolute Gasteiger partial charge is 0.306 e. The van der Waals surface area contributed by atoms with Crippen molar-refractivity contribution in [2.75, 3.05) is 6.61 Å². The number of esters is 1. The van der Waals surface area contributed by atoms with Gasteiger partial charge in [0.15, 0.2) is 0 Å². The lowest BCUT2D eigenvalue weighted by molar-refractivity contribution is -0.145. The molecule has 2 nitrogen and oxygen atoms in total. The van der Waals surface area contributed by atoms with E-state index in [-0.39, 0.29) is 5.97 Å². The number of hydrogen-bond donors (Lipinski definition) is 0. The first kappa shape index (κ1) is 15.9. The molecule has 0 unspecified atom stereocenters. The van der Waals surface area contributed by atoms with Crippen LogP contribution in [-0.4, -0.2) is 12.6 Å². The molecule has 0 aromatic rings. The van der Waals surface area contributed by atoms with Crippen LogP contribution in [0.15, 0.2) is 0 Å². The summed E-state index contributed by atoms with van der Waals surface area (Å²) in [6.45, 7) is 2.74. The van der Waals surface area contributed by atoms with Gasteiger partial charge in [0.25, 0.3) is 0 Å². The average Bonchev–Trinajstić information content (AvgIpc) is 2.49. The van der Waals surface area contributed by atoms with E-state index >= 15 is 0 Å². The van der Waals surface area contributed by atoms with Crippen molar-refractivity contribution >= 4 is 5.97 Å². The van der Waals surface area contributed by atoms with Crippen molar-refractivity contribution < 1.29 is 9.53 Å². The monoisotopic (exact) mass is 280 g/mol. The van der Waals surface area contributed by atoms with Gasteiger partial charge in [-0.2, -0.15) is 0 Å². The van der Waals surface area contributed by atoms with Crippen LogP contribution in [0.1, 0.15) is 84.0 Å². The minimum atomic E-state index is 0.0413. The second kappa shape index (κ2) is 8.69. The molecule has 0 N–H and O–H groups in total. The highest BCUT2D eigenvalue weighted by atomic mass is 16.5. The second-order valence-corrected chi connectivity index (χ2v) is 6.96. The summed E-state index contributed by atoms with van der Waals surface area (Å²) in [6, 6.07) is 0. The first-order chi connectivity index (χ1) is 9.79. The zero-order chi connectivity index (χ0) is 14.2. The second-order valence-electron chi connectivity index (χ2n) is 6.96. The third-order valence-corrected chi connectivity index (χ3v) is 5.42. The Labute approximate surface area is 124 Å². The van der Waals surface area contributed by atoms with Crippen LogP contribution in [0.5, 0.6) is 0 Å². The number of ether oxygens (including phenoxy) is 1. The van der Waals surface area contributed by atoms with Gasteiger partial charge in [0.1, 0.15) is 0 Å². The Balaban J connectivity index is 1.62. The van der Waals surface area contributed by atoms with E-state index in [2.05, 4.69) is 6.92 Å². The predicted octanol–water partition coefficient (Wildman–Crippen LogP) is 5.11. The van der Waals surface area contributed by atoms with E-state index in [1.165, 1.54) is 57.8 Å². The Morgan fingerprint density at radius 3 is 2.25 bits per heavy atom. The number of hydrogen-bond acceptors (Lipinski definition) is 2. The summed E-state index contributed by atoms with van der Waals surface area (Å²) >= 11 is 0. The summed E-state index contributed by atoms with van der Waals surface area (Å²) in [5, 5.41) is 0. The third-order valence-electron chi connectivity index (χ3n) is 5.42. The molecule has 2 heteroatoms. The lowest BCUT2D eigenvalue weighted by atomic mass is 9.70. The Bertz CT molecular complexity index is 273. The highest BCUT2D eigenvalue weighted by molar-refractivity contribution is 5.69. The van der Waals surface area contributed by atoms with E-state index in [9.17, 15) is 4.79 Å². The zero-order valence-corrected chi connectivity index (χ0v) is 13.2. The van der Waals surface area contributed by atoms with Crippen LogP contribution in [0.4, 0.5) is 0 Å². The SMILES string of the molecule is CCCCOC(=O)CC1CCC(C2CCCCC2)CC1. The lowest BCUT2D eigenvalue weighted by Gasteiger charge is -2.35. The van der Waals surface area contributed by atoms with Crippen LogP contribution >= 0.6 is 0 Å². The van der Waals surface area contributed by atoms with E-state index < -0.39 is 0 Å². The number of carbonyl (C=O) groups is 1. The molecule has 0 atom stereocenters. The van der Waals surface area contributed by atoms with E-state index in [1.807, 2.05) is 0 Å². The minimum absolute atomic E-state index is 0.0413. The largest absolute Gasteiger partial charge is 0.466 e. The van der Waals surface area contributed by atoms with Gasteiger partial charge in [-0.25, -0.2) is 0 Å². The third kappa shape index (κ3) is 5.10. The number of unbranched alkanes of at least 4 members (excludes halogenated alkanes) is 1. The molecular weight excluding hydrogens is 248 g/mol. The van der Waals surface area contributed by atoms with E-state index in [0.717, 1.165) is 24.7 Å². The van der Waals surface area contributed by atoms with Gasteiger partial charge in [0.05, 0.1) is 6.61 Å². The Morgan fingerprint density at radius 2 is 1.60 bits per heavy atom. The highest BCUT2D eigenvalue weighted by Crippen LogP contribution is 2.40. The minimum Gasteiger partial charge on any atom is -0.466 e. The lowest BCUT2D eigenvalue weighted by Crippen LogP contribution is -2.25. The van der Waals surface area contributed by atoms with Gasteiger partial charge in [-0.1, -0.05) is 45.4 Å². The molecule has 0 amide bonds. The normalized spacial score (nSPS) is 28.2. The fourth-order valence-corrected chi connectivity index (χ4v) is 4.09. The topological polar surface area (TPSA) is 26.3 Å². The maximum Gasteiger partial charge on any atom is 0.306 e. The van der Waals surface area contributed by atoms with Gasteiger partial charge in [-0.15, -0.1) is 0 Å². The van der Waals surface area contributed by atoms with Crippen molar-refractivity contribution in [3.63, 3.8) is 0 Å². The van der Waals surface area contributed by atoms with Gasteiger partial charge in [-0.3, -0.25) is 4.79 Å². The summed E-state index contributed by atoms with van der Waals surface area (Å²) < 4.78 is 5.29. The number of carbonyl (C=O) groups excluding carboxylic acids is 1. The summed E-state index contributed by atoms with van der Waals surface area (Å²) in [5.41, 5.74) is 0. The molecule has 2 rings (SSSR count). The summed E-state index contributed by atoms with van der Waals surface area (Å²) in [5.74, 6) is 2.60. The Kier molecular flexibility index (Phi) is 6.89. The zero-order valence-electron chi connectivity index (χ0n) is 13.2. The van der Waals surface area contributed by atoms with E-state index in [0.29, 0.717) is 18.9 Å². The average molecular weight is 280 g/mol. The van der Waals surface area contributed by atoms with Crippen LogP contribution in [-0.2, 0) is 9.53 Å². The molecule has 0 radical (unpaired) electrons. The summed E-state index contributed by atoms with van der Waals surface area (Å²) in [4.78, 5) is 11.7. The standard InChI is InChI=1S/C18H32O2/c1-2-3-13-20-18(19)14-15-9-11-17(12-10-15)16-7-5-4-6-8-16/h15-17H,2-14H2,1H3. The van der Waals surface area contributed by atoms with Crippen molar-refractivity contribution in [3.05, 3.63) is 0 Å². The Hall–Kier alpha value is -0.530. The molecule has 0 aromatic carbocycles. The van der Waals surface area contributed by atoms with Crippen LogP contribution < -0.4 is 0 Å². The first-order valence-electron chi connectivity index (χ1n) is 8.95. The van der Waals surface area contributed by atoms with Gasteiger partial charge in [0, 0.05) is 6.42 Å². The van der Waals surface area contributed by atoms with E-state index in [4.69, 9.17) is 4.74 Å². The van der Waals surface area contributed by atoms with Gasteiger partial charge in [0.2, 0.25) is 0 Å². The van der Waals surface area contributed by atoms with Gasteiger partial charge < -0.3 is 4.74 Å². The van der Waals surface area contributed by atoms with Crippen molar-refractivity contribution in [2.45, 2.75) is 84.0 Å². The van der Waals surface area contributed by atoms with Crippen LogP contribution in [0.25, 0.3) is 0 Å². The maximum absolute atomic E-state index is 11.7. The van der Waals surface area contributed by atoms with E-state index in [1.54, 1.807) is 0 Å². The summed E-state index contributed by atoms with van der Waals surface area (Å²) in [7, 11) is 0. The molecule has 2 fully saturated rings. The maximum atomic E-state index is 11.7. The molecule has 2 aliphatic carbocycles. The molecule has 20 heavy (non-hydrogen) atoms. The molecule has 0 spiro atoms.